The van der Waals surface area contributed by atoms with Gasteiger partial charge >= 0.3 is 5.97 Å². The van der Waals surface area contributed by atoms with Gasteiger partial charge in [0.2, 0.25) is 0 Å². The molecule has 0 aromatic carbocycles. The molecule has 0 heterocycles. The van der Waals surface area contributed by atoms with E-state index in [0.29, 0.717) is 0 Å². The van der Waals surface area contributed by atoms with Crippen molar-refractivity contribution in [2.75, 3.05) is 0 Å². The Hall–Kier alpha value is -0.900. The molecule has 0 fully saturated rings. The first-order valence-corrected chi connectivity index (χ1v) is 4.39. The van der Waals surface area contributed by atoms with Crippen molar-refractivity contribution in [3.8, 4) is 0 Å². The summed E-state index contributed by atoms with van der Waals surface area (Å²) in [5.41, 5.74) is 0. The number of carboxylic acids is 1. The molecule has 1 unspecified atom stereocenters. The van der Waals surface area contributed by atoms with Crippen LogP contribution in [0.1, 0.15) is 27.7 Å². The summed E-state index contributed by atoms with van der Waals surface area (Å²) in [5.74, 6) is -2.14. The number of ketones is 1. The molecule has 0 amide bonds. The highest BCUT2D eigenvalue weighted by Crippen LogP contribution is 2.04. The summed E-state index contributed by atoms with van der Waals surface area (Å²) in [7, 11) is 0. The zero-order valence-electron chi connectivity index (χ0n) is 8.50. The van der Waals surface area contributed by atoms with Crippen LogP contribution in [0.3, 0.4) is 0 Å². The number of nitrogens with one attached hydrogen (secondary N) is 1. The van der Waals surface area contributed by atoms with Gasteiger partial charge in [-0.3, -0.25) is 4.79 Å². The molecule has 0 aromatic heterocycles. The molecule has 0 bridgehead atoms. The minimum atomic E-state index is -1.37. The molecular formula is C9H17NO3. The molecule has 13 heavy (non-hydrogen) atoms. The highest BCUT2D eigenvalue weighted by molar-refractivity contribution is 6.34. The Morgan fingerprint density at radius 2 is 1.62 bits per heavy atom. The molecule has 0 radical (unpaired) electrons. The summed E-state index contributed by atoms with van der Waals surface area (Å²) < 4.78 is 0. The van der Waals surface area contributed by atoms with E-state index in [4.69, 9.17) is 5.11 Å². The summed E-state index contributed by atoms with van der Waals surface area (Å²) in [6, 6.07) is -0.479. The smallest absolute Gasteiger partial charge is 0.373 e. The van der Waals surface area contributed by atoms with E-state index in [-0.39, 0.29) is 12.0 Å². The van der Waals surface area contributed by atoms with Gasteiger partial charge in [0, 0.05) is 6.04 Å². The molecule has 0 rings (SSSR count). The zero-order valence-corrected chi connectivity index (χ0v) is 8.50. The van der Waals surface area contributed by atoms with Gasteiger partial charge in [-0.1, -0.05) is 27.7 Å². The van der Waals surface area contributed by atoms with Gasteiger partial charge < -0.3 is 10.4 Å². The van der Waals surface area contributed by atoms with Crippen LogP contribution < -0.4 is 5.32 Å². The predicted octanol–water partition coefficient (Wildman–Crippen LogP) is 0.663. The lowest BCUT2D eigenvalue weighted by molar-refractivity contribution is -0.150. The quantitative estimate of drug-likeness (QED) is 0.620. The Labute approximate surface area is 78.3 Å². The second kappa shape index (κ2) is 4.97. The van der Waals surface area contributed by atoms with Crippen molar-refractivity contribution in [1.29, 1.82) is 0 Å². The van der Waals surface area contributed by atoms with Crippen LogP contribution in [-0.2, 0) is 9.59 Å². The highest BCUT2D eigenvalue weighted by Gasteiger charge is 2.27. The molecule has 1 atom stereocenters. The van der Waals surface area contributed by atoms with Crippen molar-refractivity contribution in [3.63, 3.8) is 0 Å². The Balaban J connectivity index is 4.42. The monoisotopic (exact) mass is 187 g/mol. The Morgan fingerprint density at radius 1 is 1.15 bits per heavy atom. The first-order chi connectivity index (χ1) is 5.86. The first-order valence-electron chi connectivity index (χ1n) is 4.39. The topological polar surface area (TPSA) is 66.4 Å². The predicted molar refractivity (Wildman–Crippen MR) is 49.5 cm³/mol. The van der Waals surface area contributed by atoms with Gasteiger partial charge in [-0.05, 0) is 5.92 Å². The molecule has 4 nitrogen and oxygen atoms in total. The fourth-order valence-electron chi connectivity index (χ4n) is 1.06. The molecule has 76 valence electrons. The highest BCUT2D eigenvalue weighted by atomic mass is 16.4. The molecule has 0 aliphatic heterocycles. The van der Waals surface area contributed by atoms with Gasteiger partial charge in [-0.2, -0.15) is 0 Å². The number of Topliss-reactive ketones (excluding diaryl/α,β-unsaturated/α-hetero) is 1. The van der Waals surface area contributed by atoms with Crippen LogP contribution in [-0.4, -0.2) is 28.9 Å². The lowest BCUT2D eigenvalue weighted by atomic mass is 9.99. The Morgan fingerprint density at radius 3 is 1.85 bits per heavy atom. The van der Waals surface area contributed by atoms with Gasteiger partial charge in [0.25, 0.3) is 5.78 Å². The third kappa shape index (κ3) is 4.03. The van der Waals surface area contributed by atoms with E-state index in [1.165, 1.54) is 0 Å². The molecule has 4 heteroatoms. The standard InChI is InChI=1S/C9H17NO3/c1-5(2)7(10-6(3)4)8(11)9(12)13/h5-7,10H,1-4H3,(H,12,13). The van der Waals surface area contributed by atoms with E-state index >= 15 is 0 Å². The number of carbonyl (C=O) groups is 2. The Bertz CT molecular complexity index is 199. The molecule has 0 aliphatic carbocycles. The number of carbonyl (C=O) groups excluding carboxylic acids is 1. The van der Waals surface area contributed by atoms with E-state index in [1.54, 1.807) is 0 Å². The molecule has 2 N–H and O–H groups in total. The Kier molecular flexibility index (Phi) is 4.62. The van der Waals surface area contributed by atoms with Crippen molar-refractivity contribution in [2.45, 2.75) is 39.8 Å². The molecule has 0 spiro atoms. The molecule has 0 aliphatic rings. The van der Waals surface area contributed by atoms with Crippen LogP contribution >= 0.6 is 0 Å². The molecule has 0 aromatic rings. The summed E-state index contributed by atoms with van der Waals surface area (Å²) >= 11 is 0. The second-order valence-electron chi connectivity index (χ2n) is 3.71. The third-order valence-electron chi connectivity index (χ3n) is 1.67. The maximum atomic E-state index is 11.2. The largest absolute Gasteiger partial charge is 0.475 e. The number of rotatable bonds is 5. The minimum absolute atomic E-state index is 0.00833. The summed E-state index contributed by atoms with van der Waals surface area (Å²) in [5, 5.41) is 11.5. The molecule has 0 saturated carbocycles. The molecular weight excluding hydrogens is 170 g/mol. The molecule has 0 saturated heterocycles. The normalized spacial score (nSPS) is 13.4. The average molecular weight is 187 g/mol. The van der Waals surface area contributed by atoms with Crippen molar-refractivity contribution in [3.05, 3.63) is 0 Å². The van der Waals surface area contributed by atoms with Crippen LogP contribution in [0.4, 0.5) is 0 Å². The fourth-order valence-corrected chi connectivity index (χ4v) is 1.06. The minimum Gasteiger partial charge on any atom is -0.475 e. The van der Waals surface area contributed by atoms with E-state index in [0.717, 1.165) is 0 Å². The van der Waals surface area contributed by atoms with E-state index in [2.05, 4.69) is 5.32 Å². The van der Waals surface area contributed by atoms with Crippen molar-refractivity contribution >= 4 is 11.8 Å². The fraction of sp³-hybridized carbons (Fsp3) is 0.778. The van der Waals surface area contributed by atoms with E-state index < -0.39 is 17.8 Å². The van der Waals surface area contributed by atoms with Crippen LogP contribution in [0.25, 0.3) is 0 Å². The van der Waals surface area contributed by atoms with Crippen molar-refractivity contribution in [2.24, 2.45) is 5.92 Å². The lowest BCUT2D eigenvalue weighted by Crippen LogP contribution is -2.47. The second-order valence-corrected chi connectivity index (χ2v) is 3.71. The van der Waals surface area contributed by atoms with Gasteiger partial charge in [-0.15, -0.1) is 0 Å². The van der Waals surface area contributed by atoms with Gasteiger partial charge in [0.1, 0.15) is 0 Å². The first kappa shape index (κ1) is 12.1. The lowest BCUT2D eigenvalue weighted by Gasteiger charge is -2.21. The summed E-state index contributed by atoms with van der Waals surface area (Å²) in [6.07, 6.45) is 0. The number of hydrogen-bond acceptors (Lipinski definition) is 3. The number of carboxylic acid groups (broad SMARTS) is 1. The van der Waals surface area contributed by atoms with Gasteiger partial charge in [0.05, 0.1) is 6.04 Å². The average Bonchev–Trinajstić information content (AvgIpc) is 1.97. The zero-order chi connectivity index (χ0) is 10.6. The van der Waals surface area contributed by atoms with Crippen LogP contribution in [0.15, 0.2) is 0 Å². The number of aliphatic carboxylic acids is 1. The maximum absolute atomic E-state index is 11.2. The van der Waals surface area contributed by atoms with Crippen molar-refractivity contribution in [1.82, 2.24) is 5.32 Å². The van der Waals surface area contributed by atoms with Gasteiger partial charge in [-0.25, -0.2) is 4.79 Å². The van der Waals surface area contributed by atoms with Crippen LogP contribution in [0.5, 0.6) is 0 Å². The SMILES string of the molecule is CC(C)NC(C(=O)C(=O)O)C(C)C. The maximum Gasteiger partial charge on any atom is 0.373 e. The van der Waals surface area contributed by atoms with E-state index in [1.807, 2.05) is 27.7 Å². The summed E-state index contributed by atoms with van der Waals surface area (Å²) in [6.45, 7) is 7.40. The van der Waals surface area contributed by atoms with E-state index in [9.17, 15) is 9.59 Å². The number of hydrogen-bond donors (Lipinski definition) is 2. The third-order valence-corrected chi connectivity index (χ3v) is 1.67. The van der Waals surface area contributed by atoms with Crippen LogP contribution in [0, 0.1) is 5.92 Å². The van der Waals surface area contributed by atoms with Crippen LogP contribution in [0.2, 0.25) is 0 Å². The van der Waals surface area contributed by atoms with Gasteiger partial charge in [0.15, 0.2) is 0 Å². The summed E-state index contributed by atoms with van der Waals surface area (Å²) in [4.78, 5) is 21.6. The van der Waals surface area contributed by atoms with Crippen molar-refractivity contribution < 1.29 is 14.7 Å².